The highest BCUT2D eigenvalue weighted by Crippen LogP contribution is 2.52. The van der Waals surface area contributed by atoms with Crippen LogP contribution in [0, 0.1) is 37.5 Å². The molecule has 1 N–H and O–H groups in total. The number of hydrogen-bond acceptors (Lipinski definition) is 5. The SMILES string of the molecule is Cc1ccc(NC(=O)COC(=O)CN2C(=O)[C@@H]3[C@@H](C2=O)[C@H]2C=C[C@H]3C2)cc1C. The third kappa shape index (κ3) is 3.10. The third-order valence-corrected chi connectivity index (χ3v) is 6.00. The molecule has 1 saturated heterocycles. The van der Waals surface area contributed by atoms with Crippen molar-refractivity contribution < 1.29 is 23.9 Å². The lowest BCUT2D eigenvalue weighted by Gasteiger charge is -2.16. The fourth-order valence-electron chi connectivity index (χ4n) is 4.46. The fourth-order valence-corrected chi connectivity index (χ4v) is 4.46. The van der Waals surface area contributed by atoms with Gasteiger partial charge in [-0.05, 0) is 55.4 Å². The first-order chi connectivity index (χ1) is 13.3. The number of allylic oxidation sites excluding steroid dienone is 2. The quantitative estimate of drug-likeness (QED) is 0.474. The molecular weight excluding hydrogens is 360 g/mol. The number of anilines is 1. The molecule has 4 rings (SSSR count). The first kappa shape index (κ1) is 18.4. The van der Waals surface area contributed by atoms with Gasteiger partial charge in [0.2, 0.25) is 11.8 Å². The van der Waals surface area contributed by atoms with Gasteiger partial charge in [-0.2, -0.15) is 0 Å². The molecule has 1 aromatic carbocycles. The smallest absolute Gasteiger partial charge is 0.326 e. The molecule has 0 radical (unpaired) electrons. The monoisotopic (exact) mass is 382 g/mol. The van der Waals surface area contributed by atoms with Gasteiger partial charge in [-0.15, -0.1) is 0 Å². The van der Waals surface area contributed by atoms with Crippen molar-refractivity contribution in [2.24, 2.45) is 23.7 Å². The van der Waals surface area contributed by atoms with Crippen LogP contribution in [0.2, 0.25) is 0 Å². The maximum Gasteiger partial charge on any atom is 0.326 e. The van der Waals surface area contributed by atoms with E-state index >= 15 is 0 Å². The van der Waals surface area contributed by atoms with E-state index < -0.39 is 25.0 Å². The number of carbonyl (C=O) groups is 4. The summed E-state index contributed by atoms with van der Waals surface area (Å²) in [6.07, 6.45) is 4.83. The highest BCUT2D eigenvalue weighted by molar-refractivity contribution is 6.08. The summed E-state index contributed by atoms with van der Waals surface area (Å²) in [6, 6.07) is 5.49. The molecule has 7 heteroatoms. The Bertz CT molecular complexity index is 876. The van der Waals surface area contributed by atoms with Crippen molar-refractivity contribution in [1.82, 2.24) is 4.90 Å². The third-order valence-electron chi connectivity index (χ3n) is 6.00. The van der Waals surface area contributed by atoms with Crippen LogP contribution in [0.5, 0.6) is 0 Å². The summed E-state index contributed by atoms with van der Waals surface area (Å²) in [6.45, 7) is 2.99. The standard InChI is InChI=1S/C21H22N2O5/c1-11-3-6-15(7-12(11)2)22-16(24)10-28-17(25)9-23-20(26)18-13-4-5-14(8-13)19(18)21(23)27/h3-7,13-14,18-19H,8-10H2,1-2H3,(H,22,24)/t13-,14-,18-,19-/m0/s1. The van der Waals surface area contributed by atoms with Crippen molar-refractivity contribution in [2.45, 2.75) is 20.3 Å². The van der Waals surface area contributed by atoms with Crippen LogP contribution in [0.15, 0.2) is 30.4 Å². The summed E-state index contributed by atoms with van der Waals surface area (Å²) in [4.78, 5) is 50.2. The zero-order valence-electron chi connectivity index (χ0n) is 15.8. The van der Waals surface area contributed by atoms with E-state index in [1.54, 1.807) is 6.07 Å². The zero-order chi connectivity index (χ0) is 20.0. The average molecular weight is 382 g/mol. The van der Waals surface area contributed by atoms with Crippen LogP contribution in [0.4, 0.5) is 5.69 Å². The van der Waals surface area contributed by atoms with Gasteiger partial charge in [0, 0.05) is 5.69 Å². The van der Waals surface area contributed by atoms with Gasteiger partial charge in [-0.3, -0.25) is 24.1 Å². The maximum atomic E-state index is 12.5. The molecule has 2 fully saturated rings. The van der Waals surface area contributed by atoms with Crippen molar-refractivity contribution in [3.05, 3.63) is 41.5 Å². The Morgan fingerprint density at radius 3 is 2.32 bits per heavy atom. The number of aryl methyl sites for hydroxylation is 2. The molecule has 2 aliphatic carbocycles. The molecule has 3 aliphatic rings. The van der Waals surface area contributed by atoms with Gasteiger partial charge in [0.15, 0.2) is 6.61 Å². The maximum absolute atomic E-state index is 12.5. The zero-order valence-corrected chi connectivity index (χ0v) is 15.8. The van der Waals surface area contributed by atoms with E-state index in [9.17, 15) is 19.2 Å². The molecule has 1 saturated carbocycles. The van der Waals surface area contributed by atoms with Gasteiger partial charge in [0.1, 0.15) is 6.54 Å². The number of amides is 3. The topological polar surface area (TPSA) is 92.8 Å². The molecule has 1 aromatic rings. The van der Waals surface area contributed by atoms with Crippen molar-refractivity contribution in [2.75, 3.05) is 18.5 Å². The number of ether oxygens (including phenoxy) is 1. The number of carbonyl (C=O) groups excluding carboxylic acids is 4. The molecule has 146 valence electrons. The van der Waals surface area contributed by atoms with Gasteiger partial charge in [0.25, 0.3) is 5.91 Å². The lowest BCUT2D eigenvalue weighted by molar-refractivity contribution is -0.154. The lowest BCUT2D eigenvalue weighted by Crippen LogP contribution is -2.38. The Balaban J connectivity index is 1.29. The summed E-state index contributed by atoms with van der Waals surface area (Å²) in [7, 11) is 0. The van der Waals surface area contributed by atoms with Gasteiger partial charge in [0.05, 0.1) is 11.8 Å². The summed E-state index contributed by atoms with van der Waals surface area (Å²) in [5, 5.41) is 2.66. The van der Waals surface area contributed by atoms with Crippen LogP contribution in [0.25, 0.3) is 0 Å². The van der Waals surface area contributed by atoms with Crippen LogP contribution in [-0.4, -0.2) is 41.7 Å². The number of benzene rings is 1. The van der Waals surface area contributed by atoms with Gasteiger partial charge in [-0.1, -0.05) is 18.2 Å². The molecular formula is C21H22N2O5. The Kier molecular flexibility index (Phi) is 4.53. The highest BCUT2D eigenvalue weighted by atomic mass is 16.5. The van der Waals surface area contributed by atoms with E-state index in [-0.39, 0.29) is 35.5 Å². The normalized spacial score (nSPS) is 27.3. The fraction of sp³-hybridized carbons (Fsp3) is 0.429. The summed E-state index contributed by atoms with van der Waals surface area (Å²) in [5.74, 6) is -2.35. The second kappa shape index (κ2) is 6.89. The van der Waals surface area contributed by atoms with E-state index in [1.165, 1.54) is 0 Å². The number of imide groups is 1. The van der Waals surface area contributed by atoms with Crippen LogP contribution in [0.3, 0.4) is 0 Å². The van der Waals surface area contributed by atoms with Crippen LogP contribution in [0.1, 0.15) is 17.5 Å². The summed E-state index contributed by atoms with van der Waals surface area (Å²) in [5.41, 5.74) is 2.76. The van der Waals surface area contributed by atoms with E-state index in [0.717, 1.165) is 22.4 Å². The minimum atomic E-state index is -0.766. The first-order valence-corrected chi connectivity index (χ1v) is 9.41. The van der Waals surface area contributed by atoms with Crippen molar-refractivity contribution >= 4 is 29.4 Å². The van der Waals surface area contributed by atoms with Crippen molar-refractivity contribution in [3.8, 4) is 0 Å². The lowest BCUT2D eigenvalue weighted by atomic mass is 9.85. The summed E-state index contributed by atoms with van der Waals surface area (Å²) >= 11 is 0. The Hall–Kier alpha value is -2.96. The van der Waals surface area contributed by atoms with E-state index in [4.69, 9.17) is 4.74 Å². The van der Waals surface area contributed by atoms with Crippen LogP contribution in [-0.2, 0) is 23.9 Å². The molecule has 1 heterocycles. The molecule has 0 unspecified atom stereocenters. The molecule has 0 aromatic heterocycles. The molecule has 2 bridgehead atoms. The number of nitrogens with zero attached hydrogens (tertiary/aromatic N) is 1. The number of hydrogen-bond donors (Lipinski definition) is 1. The molecule has 7 nitrogen and oxygen atoms in total. The van der Waals surface area contributed by atoms with E-state index in [1.807, 2.05) is 38.1 Å². The first-order valence-electron chi connectivity index (χ1n) is 9.41. The van der Waals surface area contributed by atoms with E-state index in [0.29, 0.717) is 5.69 Å². The predicted molar refractivity (Wildman–Crippen MR) is 99.9 cm³/mol. The Labute approximate surface area is 162 Å². The number of esters is 1. The largest absolute Gasteiger partial charge is 0.454 e. The van der Waals surface area contributed by atoms with Crippen molar-refractivity contribution in [1.29, 1.82) is 0 Å². The molecule has 3 amide bonds. The van der Waals surface area contributed by atoms with Gasteiger partial charge in [-0.25, -0.2) is 0 Å². The minimum absolute atomic E-state index is 0.0937. The van der Waals surface area contributed by atoms with Crippen LogP contribution >= 0.6 is 0 Å². The van der Waals surface area contributed by atoms with Crippen LogP contribution < -0.4 is 5.32 Å². The number of fused-ring (bicyclic) bond motifs is 5. The Morgan fingerprint density at radius 2 is 1.71 bits per heavy atom. The average Bonchev–Trinajstić information content (AvgIpc) is 3.33. The summed E-state index contributed by atoms with van der Waals surface area (Å²) < 4.78 is 4.97. The number of rotatable bonds is 5. The minimum Gasteiger partial charge on any atom is -0.454 e. The molecule has 0 spiro atoms. The van der Waals surface area contributed by atoms with Gasteiger partial charge >= 0.3 is 5.97 Å². The second-order valence-electron chi connectivity index (χ2n) is 7.77. The number of nitrogens with one attached hydrogen (secondary N) is 1. The molecule has 28 heavy (non-hydrogen) atoms. The van der Waals surface area contributed by atoms with Crippen molar-refractivity contribution in [3.63, 3.8) is 0 Å². The second-order valence-corrected chi connectivity index (χ2v) is 7.77. The van der Waals surface area contributed by atoms with E-state index in [2.05, 4.69) is 5.32 Å². The Morgan fingerprint density at radius 1 is 1.07 bits per heavy atom. The molecule has 4 atom stereocenters. The number of likely N-dealkylation sites (tertiary alicyclic amines) is 1. The molecule has 1 aliphatic heterocycles. The van der Waals surface area contributed by atoms with Gasteiger partial charge < -0.3 is 10.1 Å². The predicted octanol–water partition coefficient (Wildman–Crippen LogP) is 1.59. The highest BCUT2D eigenvalue weighted by Gasteiger charge is 2.59.